The van der Waals surface area contributed by atoms with Crippen LogP contribution in [0.1, 0.15) is 0 Å². The van der Waals surface area contributed by atoms with Crippen LogP contribution in [0.25, 0.3) is 32.3 Å². The Bertz CT molecular complexity index is 1680. The molecule has 5 aromatic rings. The lowest BCUT2D eigenvalue weighted by molar-refractivity contribution is 0.468. The first kappa shape index (κ1) is 19.9. The van der Waals surface area contributed by atoms with Crippen LogP contribution in [0, 0.1) is 0 Å². The third-order valence-corrected chi connectivity index (χ3v) is 6.26. The van der Waals surface area contributed by atoms with E-state index in [0.717, 1.165) is 16.8 Å². The predicted octanol–water partition coefficient (Wildman–Crippen LogP) is 6.22. The molecule has 0 unspecified atom stereocenters. The Labute approximate surface area is 182 Å². The molecule has 0 aliphatic heterocycles. The van der Waals surface area contributed by atoms with E-state index in [1.54, 1.807) is 24.3 Å². The molecule has 0 aliphatic carbocycles. The van der Waals surface area contributed by atoms with Gasteiger partial charge >= 0.3 is 0 Å². The standard InChI is InChI=1S/C24H16N2O5S/c27-20-13-21(32(29,30)31)16-9-3-5-11-18(16)22(20)25-26-23-17-10-4-1-7-14(17)15-8-2-6-12-19(15)24(23)28/h1-13,27-28H,(H,29,30,31). The van der Waals surface area contributed by atoms with Crippen LogP contribution in [0.2, 0.25) is 0 Å². The van der Waals surface area contributed by atoms with Gasteiger partial charge in [0, 0.05) is 27.6 Å². The minimum absolute atomic E-state index is 0.0182. The van der Waals surface area contributed by atoms with E-state index in [9.17, 15) is 23.2 Å². The molecule has 5 rings (SSSR count). The Hall–Kier alpha value is -4.01. The van der Waals surface area contributed by atoms with Gasteiger partial charge in [0.2, 0.25) is 0 Å². The summed E-state index contributed by atoms with van der Waals surface area (Å²) >= 11 is 0. The second-order valence-electron chi connectivity index (χ2n) is 7.25. The highest BCUT2D eigenvalue weighted by atomic mass is 32.2. The molecule has 0 radical (unpaired) electrons. The molecule has 0 saturated heterocycles. The van der Waals surface area contributed by atoms with Crippen molar-refractivity contribution in [1.82, 2.24) is 0 Å². The molecular formula is C24H16N2O5S. The molecule has 0 heterocycles. The molecule has 32 heavy (non-hydrogen) atoms. The van der Waals surface area contributed by atoms with Crippen molar-refractivity contribution in [3.8, 4) is 11.5 Å². The summed E-state index contributed by atoms with van der Waals surface area (Å²) in [4.78, 5) is -0.427. The Balaban J connectivity index is 1.79. The molecule has 0 saturated carbocycles. The fraction of sp³-hybridized carbons (Fsp3) is 0. The highest BCUT2D eigenvalue weighted by Gasteiger charge is 2.20. The number of rotatable bonds is 3. The number of aromatic hydroxyl groups is 2. The van der Waals surface area contributed by atoms with Gasteiger partial charge in [-0.1, -0.05) is 72.8 Å². The first-order chi connectivity index (χ1) is 15.4. The summed E-state index contributed by atoms with van der Waals surface area (Å²) in [6, 6.07) is 22.1. The zero-order chi connectivity index (χ0) is 22.5. The summed E-state index contributed by atoms with van der Waals surface area (Å²) in [5.74, 6) is -0.522. The van der Waals surface area contributed by atoms with E-state index in [-0.39, 0.29) is 27.9 Å². The zero-order valence-corrected chi connectivity index (χ0v) is 17.3. The van der Waals surface area contributed by atoms with Crippen LogP contribution in [0.3, 0.4) is 0 Å². The molecule has 8 heteroatoms. The molecule has 5 aromatic carbocycles. The van der Waals surface area contributed by atoms with Gasteiger partial charge in [-0.2, -0.15) is 8.42 Å². The van der Waals surface area contributed by atoms with Crippen molar-refractivity contribution in [2.24, 2.45) is 10.2 Å². The highest BCUT2D eigenvalue weighted by Crippen LogP contribution is 2.45. The first-order valence-corrected chi connectivity index (χ1v) is 11.1. The number of hydrogen-bond donors (Lipinski definition) is 3. The van der Waals surface area contributed by atoms with E-state index in [4.69, 9.17) is 0 Å². The van der Waals surface area contributed by atoms with Gasteiger partial charge in [-0.25, -0.2) is 0 Å². The molecule has 0 atom stereocenters. The second-order valence-corrected chi connectivity index (χ2v) is 8.64. The molecule has 158 valence electrons. The quantitative estimate of drug-likeness (QED) is 0.173. The van der Waals surface area contributed by atoms with Gasteiger partial charge in [0.1, 0.15) is 22.0 Å². The lowest BCUT2D eigenvalue weighted by atomic mass is 9.99. The van der Waals surface area contributed by atoms with Gasteiger partial charge in [0.15, 0.2) is 5.75 Å². The molecule has 0 aromatic heterocycles. The number of hydrogen-bond acceptors (Lipinski definition) is 6. The summed E-state index contributed by atoms with van der Waals surface area (Å²) in [5.41, 5.74) is 0.242. The van der Waals surface area contributed by atoms with Crippen LogP contribution in [0.4, 0.5) is 11.4 Å². The van der Waals surface area contributed by atoms with Gasteiger partial charge < -0.3 is 10.2 Å². The summed E-state index contributed by atoms with van der Waals surface area (Å²) in [6.45, 7) is 0. The molecular weight excluding hydrogens is 428 g/mol. The topological polar surface area (TPSA) is 120 Å². The van der Waals surface area contributed by atoms with E-state index in [0.29, 0.717) is 10.8 Å². The third kappa shape index (κ3) is 3.13. The predicted molar refractivity (Wildman–Crippen MR) is 123 cm³/mol. The van der Waals surface area contributed by atoms with Gasteiger partial charge in [0.05, 0.1) is 0 Å². The van der Waals surface area contributed by atoms with Crippen molar-refractivity contribution >= 4 is 53.8 Å². The molecule has 0 spiro atoms. The van der Waals surface area contributed by atoms with Crippen molar-refractivity contribution in [2.45, 2.75) is 4.90 Å². The summed E-state index contributed by atoms with van der Waals surface area (Å²) in [7, 11) is -4.57. The van der Waals surface area contributed by atoms with Crippen molar-refractivity contribution in [2.75, 3.05) is 0 Å². The van der Waals surface area contributed by atoms with Crippen LogP contribution in [0.5, 0.6) is 11.5 Å². The fourth-order valence-corrected chi connectivity index (χ4v) is 4.65. The smallest absolute Gasteiger partial charge is 0.295 e. The molecule has 0 amide bonds. The Kier molecular flexibility index (Phi) is 4.54. The molecule has 3 N–H and O–H groups in total. The lowest BCUT2D eigenvalue weighted by Crippen LogP contribution is -1.99. The highest BCUT2D eigenvalue weighted by molar-refractivity contribution is 7.86. The number of fused-ring (bicyclic) bond motifs is 4. The van der Waals surface area contributed by atoms with E-state index < -0.39 is 20.8 Å². The maximum absolute atomic E-state index is 11.8. The summed E-state index contributed by atoms with van der Waals surface area (Å²) in [6.07, 6.45) is 0. The molecule has 0 bridgehead atoms. The Morgan fingerprint density at radius 1 is 0.594 bits per heavy atom. The number of benzene rings is 5. The SMILES string of the molecule is O=S(=O)(O)c1cc(O)c(N=Nc2c(O)c3ccccc3c3ccccc23)c2ccccc12. The molecule has 0 fully saturated rings. The number of phenols is 2. The van der Waals surface area contributed by atoms with Gasteiger partial charge in [-0.15, -0.1) is 10.2 Å². The maximum atomic E-state index is 11.8. The Morgan fingerprint density at radius 3 is 1.62 bits per heavy atom. The minimum Gasteiger partial charge on any atom is -0.506 e. The lowest BCUT2D eigenvalue weighted by Gasteiger charge is -2.11. The number of azo groups is 1. The summed E-state index contributed by atoms with van der Waals surface area (Å²) < 4.78 is 33.1. The van der Waals surface area contributed by atoms with Gasteiger partial charge in [0.25, 0.3) is 10.1 Å². The van der Waals surface area contributed by atoms with E-state index in [1.807, 2.05) is 42.5 Å². The molecule has 7 nitrogen and oxygen atoms in total. The fourth-order valence-electron chi connectivity index (χ4n) is 3.94. The minimum atomic E-state index is -4.57. The monoisotopic (exact) mass is 444 g/mol. The van der Waals surface area contributed by atoms with Crippen LogP contribution in [-0.2, 0) is 10.1 Å². The average Bonchev–Trinajstić information content (AvgIpc) is 2.79. The number of phenolic OH excluding ortho intramolecular Hbond substituents is 2. The van der Waals surface area contributed by atoms with Gasteiger partial charge in [-0.3, -0.25) is 4.55 Å². The Morgan fingerprint density at radius 2 is 1.03 bits per heavy atom. The zero-order valence-electron chi connectivity index (χ0n) is 16.5. The maximum Gasteiger partial charge on any atom is 0.295 e. The van der Waals surface area contributed by atoms with Crippen LogP contribution in [-0.4, -0.2) is 23.2 Å². The normalized spacial score (nSPS) is 12.3. The third-order valence-electron chi connectivity index (χ3n) is 5.36. The van der Waals surface area contributed by atoms with Crippen molar-refractivity contribution in [3.63, 3.8) is 0 Å². The van der Waals surface area contributed by atoms with Crippen LogP contribution >= 0.6 is 0 Å². The van der Waals surface area contributed by atoms with Crippen molar-refractivity contribution in [3.05, 3.63) is 78.9 Å². The summed E-state index contributed by atoms with van der Waals surface area (Å²) in [5, 5.41) is 33.4. The van der Waals surface area contributed by atoms with E-state index >= 15 is 0 Å². The van der Waals surface area contributed by atoms with Crippen LogP contribution in [0.15, 0.2) is 94.0 Å². The van der Waals surface area contributed by atoms with E-state index in [2.05, 4.69) is 10.2 Å². The average molecular weight is 444 g/mol. The van der Waals surface area contributed by atoms with E-state index in [1.165, 1.54) is 6.07 Å². The molecule has 0 aliphatic rings. The number of nitrogens with zero attached hydrogens (tertiary/aromatic N) is 2. The second kappa shape index (κ2) is 7.30. The van der Waals surface area contributed by atoms with Crippen molar-refractivity contribution < 1.29 is 23.2 Å². The largest absolute Gasteiger partial charge is 0.506 e. The van der Waals surface area contributed by atoms with Crippen molar-refractivity contribution in [1.29, 1.82) is 0 Å². The van der Waals surface area contributed by atoms with Gasteiger partial charge in [-0.05, 0) is 10.8 Å². The van der Waals surface area contributed by atoms with Crippen LogP contribution < -0.4 is 0 Å². The first-order valence-electron chi connectivity index (χ1n) is 9.62.